The summed E-state index contributed by atoms with van der Waals surface area (Å²) in [6.45, 7) is 7.13. The van der Waals surface area contributed by atoms with Crippen molar-refractivity contribution in [2.45, 2.75) is 64.9 Å². The molecule has 1 aliphatic rings. The van der Waals surface area contributed by atoms with E-state index in [4.69, 9.17) is 4.74 Å². The minimum atomic E-state index is -3.30. The van der Waals surface area contributed by atoms with E-state index in [-0.39, 0.29) is 35.8 Å². The van der Waals surface area contributed by atoms with E-state index >= 15 is 0 Å². The van der Waals surface area contributed by atoms with E-state index in [2.05, 4.69) is 27.3 Å². The van der Waals surface area contributed by atoms with Gasteiger partial charge in [0, 0.05) is 32.8 Å². The molecule has 0 aliphatic carbocycles. The van der Waals surface area contributed by atoms with Gasteiger partial charge in [-0.15, -0.1) is 24.0 Å². The summed E-state index contributed by atoms with van der Waals surface area (Å²) in [6.07, 6.45) is 7.79. The summed E-state index contributed by atoms with van der Waals surface area (Å²) >= 11 is 0. The quantitative estimate of drug-likeness (QED) is 0.164. The van der Waals surface area contributed by atoms with E-state index in [1.54, 1.807) is 0 Å². The molecule has 1 unspecified atom stereocenters. The Balaban J connectivity index is 0.00000625. The van der Waals surface area contributed by atoms with E-state index in [9.17, 15) is 8.42 Å². The van der Waals surface area contributed by atoms with Gasteiger partial charge >= 0.3 is 0 Å². The molecule has 1 rings (SSSR count). The molecule has 9 heteroatoms. The first-order valence-electron chi connectivity index (χ1n) is 9.68. The molecule has 7 nitrogen and oxygen atoms in total. The summed E-state index contributed by atoms with van der Waals surface area (Å²) in [5, 5.41) is 6.24. The van der Waals surface area contributed by atoms with Gasteiger partial charge in [-0.05, 0) is 32.6 Å². The van der Waals surface area contributed by atoms with Gasteiger partial charge in [-0.3, -0.25) is 4.99 Å². The first-order chi connectivity index (χ1) is 12.1. The smallest absolute Gasteiger partial charge is 0.213 e. The van der Waals surface area contributed by atoms with E-state index < -0.39 is 10.0 Å². The number of halogens is 1. The summed E-state index contributed by atoms with van der Waals surface area (Å²) < 4.78 is 32.4. The van der Waals surface area contributed by atoms with Crippen LogP contribution in [0.1, 0.15) is 58.8 Å². The zero-order valence-electron chi connectivity index (χ0n) is 16.3. The van der Waals surface area contributed by atoms with Crippen molar-refractivity contribution in [2.75, 3.05) is 38.5 Å². The van der Waals surface area contributed by atoms with E-state index in [1.165, 1.54) is 19.3 Å². The number of nitrogens with one attached hydrogen (secondary N) is 3. The Hall–Kier alpha value is -0.130. The second kappa shape index (κ2) is 15.9. The number of nitrogens with zero attached hydrogens (tertiary/aromatic N) is 1. The topological polar surface area (TPSA) is 91.8 Å². The Bertz CT molecular complexity index is 469. The van der Waals surface area contributed by atoms with Gasteiger partial charge < -0.3 is 15.4 Å². The zero-order chi connectivity index (χ0) is 18.4. The molecule has 0 amide bonds. The van der Waals surface area contributed by atoms with Crippen molar-refractivity contribution in [3.63, 3.8) is 0 Å². The molecule has 1 aliphatic heterocycles. The van der Waals surface area contributed by atoms with Crippen molar-refractivity contribution >= 4 is 40.0 Å². The third-order valence-electron chi connectivity index (χ3n) is 4.09. The van der Waals surface area contributed by atoms with Gasteiger partial charge in [-0.2, -0.15) is 0 Å². The highest BCUT2D eigenvalue weighted by Crippen LogP contribution is 2.11. The van der Waals surface area contributed by atoms with Crippen molar-refractivity contribution in [1.82, 2.24) is 15.4 Å². The highest BCUT2D eigenvalue weighted by molar-refractivity contribution is 14.0. The monoisotopic (exact) mass is 504 g/mol. The van der Waals surface area contributed by atoms with Gasteiger partial charge in [0.25, 0.3) is 0 Å². The lowest BCUT2D eigenvalue weighted by Gasteiger charge is -2.22. The fourth-order valence-electron chi connectivity index (χ4n) is 2.64. The molecule has 1 atom stereocenters. The molecule has 156 valence electrons. The number of hydrogen-bond acceptors (Lipinski definition) is 4. The summed E-state index contributed by atoms with van der Waals surface area (Å²) in [6, 6.07) is 0. The lowest BCUT2D eigenvalue weighted by Crippen LogP contribution is -2.42. The Morgan fingerprint density at radius 1 is 1.15 bits per heavy atom. The molecule has 0 radical (unpaired) electrons. The molecule has 0 bridgehead atoms. The van der Waals surface area contributed by atoms with Crippen molar-refractivity contribution in [1.29, 1.82) is 0 Å². The summed E-state index contributed by atoms with van der Waals surface area (Å²) in [5.41, 5.74) is 0. The zero-order valence-corrected chi connectivity index (χ0v) is 19.4. The normalized spacial score (nSPS) is 18.2. The van der Waals surface area contributed by atoms with Crippen LogP contribution in [0.5, 0.6) is 0 Å². The van der Waals surface area contributed by atoms with Crippen LogP contribution in [0.4, 0.5) is 0 Å². The number of unbranched alkanes of at least 4 members (excludes halogenated alkanes) is 3. The van der Waals surface area contributed by atoms with Crippen molar-refractivity contribution < 1.29 is 13.2 Å². The highest BCUT2D eigenvalue weighted by Gasteiger charge is 2.17. The minimum absolute atomic E-state index is 0. The Labute approximate surface area is 176 Å². The van der Waals surface area contributed by atoms with Crippen LogP contribution in [0.25, 0.3) is 0 Å². The predicted octanol–water partition coefficient (Wildman–Crippen LogP) is 2.23. The minimum Gasteiger partial charge on any atom is -0.377 e. The van der Waals surface area contributed by atoms with Crippen LogP contribution in [-0.4, -0.2) is 59.0 Å². The number of aliphatic imine (C=N–C) groups is 1. The van der Waals surface area contributed by atoms with Crippen LogP contribution in [0.3, 0.4) is 0 Å². The second-order valence-electron chi connectivity index (χ2n) is 6.40. The van der Waals surface area contributed by atoms with E-state index in [0.717, 1.165) is 45.4 Å². The van der Waals surface area contributed by atoms with Crippen LogP contribution < -0.4 is 15.4 Å². The molecule has 0 saturated carbocycles. The number of hydrogen-bond donors (Lipinski definition) is 3. The molecule has 0 aromatic rings. The van der Waals surface area contributed by atoms with Gasteiger partial charge in [-0.1, -0.05) is 26.2 Å². The van der Waals surface area contributed by atoms with Gasteiger partial charge in [0.2, 0.25) is 10.0 Å². The Morgan fingerprint density at radius 3 is 2.62 bits per heavy atom. The number of rotatable bonds is 12. The third-order valence-corrected chi connectivity index (χ3v) is 5.44. The standard InChI is InChI=1S/C17H36N4O3S.HI/c1-3-5-6-8-11-19-17(18-4-2)20-12-14-25(22,23)21-15-16-10-7-9-13-24-16;/h16,21H,3-15H2,1-2H3,(H2,18,19,20);1H. The number of guanidine groups is 1. The maximum atomic E-state index is 12.1. The fraction of sp³-hybridized carbons (Fsp3) is 0.941. The van der Waals surface area contributed by atoms with Crippen LogP contribution >= 0.6 is 24.0 Å². The van der Waals surface area contributed by atoms with Crippen LogP contribution in [0.15, 0.2) is 4.99 Å². The van der Waals surface area contributed by atoms with Crippen LogP contribution in [-0.2, 0) is 14.8 Å². The maximum Gasteiger partial charge on any atom is 0.213 e. The molecule has 1 heterocycles. The molecule has 1 fully saturated rings. The molecule has 26 heavy (non-hydrogen) atoms. The maximum absolute atomic E-state index is 12.1. The molecular weight excluding hydrogens is 467 g/mol. The molecule has 0 aromatic carbocycles. The van der Waals surface area contributed by atoms with Crippen molar-refractivity contribution in [2.24, 2.45) is 4.99 Å². The largest absolute Gasteiger partial charge is 0.377 e. The average Bonchev–Trinajstić information content (AvgIpc) is 2.60. The molecule has 0 aromatic heterocycles. The van der Waals surface area contributed by atoms with Crippen LogP contribution in [0.2, 0.25) is 0 Å². The SMILES string of the molecule is CCCCCCN=C(NCC)NCCS(=O)(=O)NCC1CCCCO1.I. The summed E-state index contributed by atoms with van der Waals surface area (Å²) in [4.78, 5) is 4.48. The van der Waals surface area contributed by atoms with Crippen LogP contribution in [0, 0.1) is 0 Å². The highest BCUT2D eigenvalue weighted by atomic mass is 127. The van der Waals surface area contributed by atoms with Gasteiger partial charge in [0.15, 0.2) is 5.96 Å². The Kier molecular flexibility index (Phi) is 15.8. The molecular formula is C17H37IN4O3S. The first-order valence-corrected chi connectivity index (χ1v) is 11.3. The average molecular weight is 504 g/mol. The predicted molar refractivity (Wildman–Crippen MR) is 119 cm³/mol. The fourth-order valence-corrected chi connectivity index (χ4v) is 3.59. The van der Waals surface area contributed by atoms with Crippen molar-refractivity contribution in [3.8, 4) is 0 Å². The molecule has 3 N–H and O–H groups in total. The summed E-state index contributed by atoms with van der Waals surface area (Å²) in [7, 11) is -3.30. The Morgan fingerprint density at radius 2 is 1.96 bits per heavy atom. The molecule has 1 saturated heterocycles. The second-order valence-corrected chi connectivity index (χ2v) is 8.33. The van der Waals surface area contributed by atoms with Gasteiger partial charge in [0.1, 0.15) is 0 Å². The summed E-state index contributed by atoms with van der Waals surface area (Å²) in [5.74, 6) is 0.713. The lowest BCUT2D eigenvalue weighted by atomic mass is 10.1. The van der Waals surface area contributed by atoms with E-state index in [1.807, 2.05) is 6.92 Å². The lowest BCUT2D eigenvalue weighted by molar-refractivity contribution is 0.0200. The number of sulfonamides is 1. The van der Waals surface area contributed by atoms with Crippen molar-refractivity contribution in [3.05, 3.63) is 0 Å². The third kappa shape index (κ3) is 13.1. The molecule has 0 spiro atoms. The number of ether oxygens (including phenoxy) is 1. The first kappa shape index (κ1) is 25.9. The van der Waals surface area contributed by atoms with E-state index in [0.29, 0.717) is 19.0 Å². The van der Waals surface area contributed by atoms with Gasteiger partial charge in [0.05, 0.1) is 11.9 Å². The van der Waals surface area contributed by atoms with Gasteiger partial charge in [-0.25, -0.2) is 13.1 Å².